The third-order valence-electron chi connectivity index (χ3n) is 3.36. The van der Waals surface area contributed by atoms with E-state index >= 15 is 0 Å². The molecule has 102 valence electrons. The maximum atomic E-state index is 9.07. The molecule has 1 atom stereocenters. The summed E-state index contributed by atoms with van der Waals surface area (Å²) in [7, 11) is 0. The molecule has 1 aliphatic carbocycles. The molecular weight excluding hydrogens is 244 g/mol. The van der Waals surface area contributed by atoms with Crippen molar-refractivity contribution in [3.63, 3.8) is 0 Å². The van der Waals surface area contributed by atoms with Crippen molar-refractivity contribution in [1.82, 2.24) is 10.3 Å². The van der Waals surface area contributed by atoms with Crippen LogP contribution in [-0.4, -0.2) is 22.7 Å². The SMILES string of the molecule is CC(C)(C)c1ncc(CNC(CCO)C2CC2)s1. The fourth-order valence-electron chi connectivity index (χ4n) is 2.11. The highest BCUT2D eigenvalue weighted by Crippen LogP contribution is 2.34. The molecule has 0 aromatic carbocycles. The third-order valence-corrected chi connectivity index (χ3v) is 4.79. The fraction of sp³-hybridized carbons (Fsp3) is 0.786. The first-order valence-corrected chi connectivity index (χ1v) is 7.62. The van der Waals surface area contributed by atoms with Crippen molar-refractivity contribution in [3.05, 3.63) is 16.1 Å². The standard InChI is InChI=1S/C14H24N2OS/c1-14(2,3)13-16-9-11(18-13)8-15-12(6-7-17)10-4-5-10/h9-10,12,15,17H,4-8H2,1-3H3. The summed E-state index contributed by atoms with van der Waals surface area (Å²) >= 11 is 1.80. The Kier molecular flexibility index (Phi) is 4.41. The molecular formula is C14H24N2OS. The predicted molar refractivity (Wildman–Crippen MR) is 75.9 cm³/mol. The number of hydrogen-bond acceptors (Lipinski definition) is 4. The van der Waals surface area contributed by atoms with Crippen molar-refractivity contribution < 1.29 is 5.11 Å². The quantitative estimate of drug-likeness (QED) is 0.834. The molecule has 0 saturated heterocycles. The molecule has 2 rings (SSSR count). The van der Waals surface area contributed by atoms with Crippen molar-refractivity contribution in [1.29, 1.82) is 0 Å². The highest BCUT2D eigenvalue weighted by atomic mass is 32.1. The van der Waals surface area contributed by atoms with Crippen LogP contribution in [0.15, 0.2) is 6.20 Å². The van der Waals surface area contributed by atoms with Gasteiger partial charge in [0.15, 0.2) is 0 Å². The molecule has 0 spiro atoms. The van der Waals surface area contributed by atoms with E-state index in [0.717, 1.165) is 18.9 Å². The van der Waals surface area contributed by atoms with Gasteiger partial charge in [-0.2, -0.15) is 0 Å². The summed E-state index contributed by atoms with van der Waals surface area (Å²) in [5.41, 5.74) is 0.143. The van der Waals surface area contributed by atoms with Crippen molar-refractivity contribution in [2.24, 2.45) is 5.92 Å². The van der Waals surface area contributed by atoms with Gasteiger partial charge in [0, 0.05) is 35.7 Å². The van der Waals surface area contributed by atoms with Gasteiger partial charge in [0.25, 0.3) is 0 Å². The molecule has 18 heavy (non-hydrogen) atoms. The van der Waals surface area contributed by atoms with Gasteiger partial charge in [0.2, 0.25) is 0 Å². The maximum Gasteiger partial charge on any atom is 0.0981 e. The number of aliphatic hydroxyl groups excluding tert-OH is 1. The average Bonchev–Trinajstić information content (AvgIpc) is 3.01. The summed E-state index contributed by atoms with van der Waals surface area (Å²) in [6, 6.07) is 0.482. The second-order valence-corrected chi connectivity index (χ2v) is 7.33. The lowest BCUT2D eigenvalue weighted by molar-refractivity contribution is 0.256. The van der Waals surface area contributed by atoms with E-state index in [1.54, 1.807) is 11.3 Å². The van der Waals surface area contributed by atoms with Crippen LogP contribution >= 0.6 is 11.3 Å². The van der Waals surface area contributed by atoms with Crippen LogP contribution in [0.3, 0.4) is 0 Å². The number of rotatable bonds is 6. The largest absolute Gasteiger partial charge is 0.396 e. The molecule has 0 aliphatic heterocycles. The lowest BCUT2D eigenvalue weighted by Gasteiger charge is -2.16. The van der Waals surface area contributed by atoms with E-state index in [1.807, 2.05) is 6.20 Å². The number of hydrogen-bond donors (Lipinski definition) is 2. The first-order valence-electron chi connectivity index (χ1n) is 6.80. The second-order valence-electron chi connectivity index (χ2n) is 6.22. The Hall–Kier alpha value is -0.450. The Morgan fingerprint density at radius 1 is 1.50 bits per heavy atom. The number of thiazole rings is 1. The Balaban J connectivity index is 1.87. The molecule has 1 heterocycles. The van der Waals surface area contributed by atoms with E-state index in [2.05, 4.69) is 31.1 Å². The van der Waals surface area contributed by atoms with Gasteiger partial charge in [-0.3, -0.25) is 0 Å². The van der Waals surface area contributed by atoms with Crippen LogP contribution in [0, 0.1) is 5.92 Å². The number of nitrogens with one attached hydrogen (secondary N) is 1. The zero-order valence-electron chi connectivity index (χ0n) is 11.6. The van der Waals surface area contributed by atoms with Crippen LogP contribution in [0.1, 0.15) is 49.9 Å². The smallest absolute Gasteiger partial charge is 0.0981 e. The summed E-state index contributed by atoms with van der Waals surface area (Å²) in [6.07, 6.45) is 5.48. The lowest BCUT2D eigenvalue weighted by Crippen LogP contribution is -2.31. The van der Waals surface area contributed by atoms with Crippen molar-refractivity contribution >= 4 is 11.3 Å². The third kappa shape index (κ3) is 3.77. The van der Waals surface area contributed by atoms with Crippen LogP contribution in [-0.2, 0) is 12.0 Å². The monoisotopic (exact) mass is 268 g/mol. The van der Waals surface area contributed by atoms with Gasteiger partial charge in [0.05, 0.1) is 5.01 Å². The minimum absolute atomic E-state index is 0.143. The molecule has 0 bridgehead atoms. The van der Waals surface area contributed by atoms with Crippen molar-refractivity contribution in [2.45, 2.75) is 58.0 Å². The Morgan fingerprint density at radius 2 is 2.22 bits per heavy atom. The van der Waals surface area contributed by atoms with E-state index < -0.39 is 0 Å². The fourth-order valence-corrected chi connectivity index (χ4v) is 3.03. The molecule has 1 aliphatic rings. The second kappa shape index (κ2) is 5.68. The number of nitrogens with zero attached hydrogens (tertiary/aromatic N) is 1. The molecule has 1 fully saturated rings. The molecule has 1 unspecified atom stereocenters. The molecule has 0 radical (unpaired) electrons. The van der Waals surface area contributed by atoms with Crippen molar-refractivity contribution in [3.8, 4) is 0 Å². The van der Waals surface area contributed by atoms with Crippen LogP contribution in [0.25, 0.3) is 0 Å². The Morgan fingerprint density at radius 3 is 2.72 bits per heavy atom. The number of aliphatic hydroxyl groups is 1. The normalized spacial score (nSPS) is 18.0. The van der Waals surface area contributed by atoms with Gasteiger partial charge in [-0.25, -0.2) is 4.98 Å². The zero-order valence-corrected chi connectivity index (χ0v) is 12.4. The van der Waals surface area contributed by atoms with E-state index in [9.17, 15) is 0 Å². The molecule has 3 nitrogen and oxygen atoms in total. The first-order chi connectivity index (χ1) is 8.50. The first kappa shape index (κ1) is 14.0. The van der Waals surface area contributed by atoms with Crippen molar-refractivity contribution in [2.75, 3.05) is 6.61 Å². The molecule has 4 heteroatoms. The van der Waals surface area contributed by atoms with E-state index in [-0.39, 0.29) is 12.0 Å². The van der Waals surface area contributed by atoms with E-state index in [1.165, 1.54) is 22.7 Å². The highest BCUT2D eigenvalue weighted by molar-refractivity contribution is 7.11. The van der Waals surface area contributed by atoms with Gasteiger partial charge in [0.1, 0.15) is 0 Å². The van der Waals surface area contributed by atoms with Crippen LogP contribution in [0.4, 0.5) is 0 Å². The Labute approximate surface area is 114 Å². The molecule has 2 N–H and O–H groups in total. The van der Waals surface area contributed by atoms with Crippen LogP contribution in [0.2, 0.25) is 0 Å². The molecule has 1 aromatic rings. The minimum Gasteiger partial charge on any atom is -0.396 e. The highest BCUT2D eigenvalue weighted by Gasteiger charge is 2.30. The number of aromatic nitrogens is 1. The van der Waals surface area contributed by atoms with Gasteiger partial charge in [-0.15, -0.1) is 11.3 Å². The van der Waals surface area contributed by atoms with Crippen LogP contribution < -0.4 is 5.32 Å². The zero-order chi connectivity index (χ0) is 13.2. The maximum absolute atomic E-state index is 9.07. The average molecular weight is 268 g/mol. The van der Waals surface area contributed by atoms with Crippen LogP contribution in [0.5, 0.6) is 0 Å². The summed E-state index contributed by atoms with van der Waals surface area (Å²) in [5.74, 6) is 0.784. The summed E-state index contributed by atoms with van der Waals surface area (Å²) in [6.45, 7) is 7.75. The van der Waals surface area contributed by atoms with E-state index in [0.29, 0.717) is 6.04 Å². The topological polar surface area (TPSA) is 45.2 Å². The summed E-state index contributed by atoms with van der Waals surface area (Å²) < 4.78 is 0. The molecule has 1 aromatic heterocycles. The summed E-state index contributed by atoms with van der Waals surface area (Å²) in [5, 5.41) is 13.8. The van der Waals surface area contributed by atoms with Gasteiger partial charge < -0.3 is 10.4 Å². The van der Waals surface area contributed by atoms with Gasteiger partial charge >= 0.3 is 0 Å². The minimum atomic E-state index is 0.143. The summed E-state index contributed by atoms with van der Waals surface area (Å²) in [4.78, 5) is 5.80. The lowest BCUT2D eigenvalue weighted by atomic mass is 9.98. The van der Waals surface area contributed by atoms with Gasteiger partial charge in [-0.1, -0.05) is 20.8 Å². The van der Waals surface area contributed by atoms with Gasteiger partial charge in [-0.05, 0) is 25.2 Å². The molecule has 0 amide bonds. The predicted octanol–water partition coefficient (Wildman–Crippen LogP) is 2.69. The Bertz CT molecular complexity index is 379. The van der Waals surface area contributed by atoms with E-state index in [4.69, 9.17) is 5.11 Å². The molecule has 1 saturated carbocycles.